The molecule has 3 aromatic carbocycles. The Hall–Kier alpha value is -5.76. The molecular formula is C51H51N3O5-2. The van der Waals surface area contributed by atoms with Crippen LogP contribution in [0.4, 0.5) is 5.82 Å². The summed E-state index contributed by atoms with van der Waals surface area (Å²) in [6.07, 6.45) is 19.4. The van der Waals surface area contributed by atoms with Crippen LogP contribution in [-0.4, -0.2) is 38.9 Å². The molecule has 1 aliphatic heterocycles. The molecule has 0 amide bonds. The van der Waals surface area contributed by atoms with E-state index in [9.17, 15) is 15.0 Å². The van der Waals surface area contributed by atoms with Crippen LogP contribution in [0.15, 0.2) is 90.8 Å². The smallest absolute Gasteiger partial charge is 0.161 e. The van der Waals surface area contributed by atoms with Gasteiger partial charge in [-0.3, -0.25) is 9.59 Å². The van der Waals surface area contributed by atoms with Gasteiger partial charge in [-0.25, -0.2) is 0 Å². The van der Waals surface area contributed by atoms with Crippen molar-refractivity contribution in [3.05, 3.63) is 146 Å². The summed E-state index contributed by atoms with van der Waals surface area (Å²) in [6.45, 7) is 0. The zero-order valence-electron chi connectivity index (χ0n) is 33.4. The van der Waals surface area contributed by atoms with Crippen LogP contribution >= 0.6 is 0 Å². The maximum Gasteiger partial charge on any atom is 0.161 e. The minimum atomic E-state index is -0.541. The third kappa shape index (κ3) is 7.43. The molecule has 8 nitrogen and oxygen atoms in total. The Morgan fingerprint density at radius 3 is 2.59 bits per heavy atom. The molecule has 59 heavy (non-hydrogen) atoms. The Morgan fingerprint density at radius 2 is 1.69 bits per heavy atom. The lowest BCUT2D eigenvalue weighted by molar-refractivity contribution is -0.129. The number of nitrogens with one attached hydrogen (secondary N) is 1. The molecule has 0 unspecified atom stereocenters. The number of aromatic hydroxyl groups is 2. The molecule has 0 radical (unpaired) electrons. The van der Waals surface area contributed by atoms with E-state index in [0.717, 1.165) is 107 Å². The Bertz CT molecular complexity index is 2460. The van der Waals surface area contributed by atoms with Gasteiger partial charge in [0.15, 0.2) is 11.5 Å². The van der Waals surface area contributed by atoms with Crippen molar-refractivity contribution in [1.29, 1.82) is 0 Å². The number of aromatic nitrogens is 2. The van der Waals surface area contributed by atoms with Crippen molar-refractivity contribution in [2.75, 3.05) is 0 Å². The van der Waals surface area contributed by atoms with E-state index in [1.807, 2.05) is 36.7 Å². The third-order valence-electron chi connectivity index (χ3n) is 13.8. The van der Waals surface area contributed by atoms with Gasteiger partial charge in [-0.05, 0) is 122 Å². The monoisotopic (exact) mass is 785 g/mol. The van der Waals surface area contributed by atoms with Crippen molar-refractivity contribution in [1.82, 2.24) is 9.97 Å². The van der Waals surface area contributed by atoms with Gasteiger partial charge < -0.3 is 30.2 Å². The highest BCUT2D eigenvalue weighted by Gasteiger charge is 2.40. The van der Waals surface area contributed by atoms with E-state index in [-0.39, 0.29) is 65.8 Å². The fourth-order valence-corrected chi connectivity index (χ4v) is 10.8. The standard InChI is InChI=1S/C51H51N3O5/c55-36-15-12-32-25-35(50(58)48(27-32)59-37-8-1-2-9-37)24-31-5-3-7-34(23-31)38-17-18-44(54-51-41(38)20-22-53-51)43-29-45-40(19-21-52-45)42(49(43)47(57)28-36)26-30-11-14-33-6-4-10-46(56)39(33)16-13-30/h3-7,10,13,16,19-23,25,27,29-30,37-38,42,44,49,53,56,58H,1-2,8-9,11-12,14-15,17-18,24,26,28H2/q-2/t30-,38-,42+,44-,49-/m0/s1. The van der Waals surface area contributed by atoms with Gasteiger partial charge >= 0.3 is 0 Å². The van der Waals surface area contributed by atoms with Gasteiger partial charge in [-0.15, -0.1) is 5.69 Å². The molecule has 5 aliphatic rings. The van der Waals surface area contributed by atoms with Gasteiger partial charge in [-0.2, -0.15) is 6.20 Å². The number of aromatic amines is 1. The van der Waals surface area contributed by atoms with Gasteiger partial charge in [0.1, 0.15) is 17.3 Å². The number of H-pyrrole nitrogens is 1. The fraction of sp³-hybridized carbons (Fsp3) is 0.373. The van der Waals surface area contributed by atoms with Crippen LogP contribution in [-0.2, 0) is 28.9 Å². The molecule has 2 aromatic heterocycles. The summed E-state index contributed by atoms with van der Waals surface area (Å²) in [6, 6.07) is 22.2. The second-order valence-corrected chi connectivity index (χ2v) is 17.5. The summed E-state index contributed by atoms with van der Waals surface area (Å²) in [7, 11) is 0. The highest BCUT2D eigenvalue weighted by Crippen LogP contribution is 2.51. The number of nitrogens with zero attached hydrogens (tertiary/aromatic N) is 2. The molecular weight excluding hydrogens is 735 g/mol. The maximum absolute atomic E-state index is 15.0. The second kappa shape index (κ2) is 15.8. The van der Waals surface area contributed by atoms with E-state index >= 15 is 4.79 Å². The molecule has 4 aliphatic carbocycles. The molecule has 10 rings (SSSR count). The van der Waals surface area contributed by atoms with E-state index in [2.05, 4.69) is 59.6 Å². The summed E-state index contributed by atoms with van der Waals surface area (Å²) in [5.74, 6) is 1.09. The normalized spacial score (nSPS) is 24.3. The number of ether oxygens (including phenoxy) is 1. The SMILES string of the molecule is O=C1CCc2cc(c(O)c(OC3CCCC3)c2)Cc2cccc(c2)[C@@H]2CC[C@H]([N-]c3[nH]ccc32)C2=Cc3[n-]ccc3[C@@H](C[C@@H]3C=Cc4c(O)cccc4CC3)[C@@H]2C(=O)C1. The van der Waals surface area contributed by atoms with Crippen LogP contribution in [0.5, 0.6) is 17.2 Å². The van der Waals surface area contributed by atoms with Crippen molar-refractivity contribution in [2.24, 2.45) is 11.8 Å². The van der Waals surface area contributed by atoms with E-state index in [0.29, 0.717) is 25.0 Å². The van der Waals surface area contributed by atoms with E-state index in [4.69, 9.17) is 15.0 Å². The Morgan fingerprint density at radius 1 is 0.814 bits per heavy atom. The molecule has 1 fully saturated rings. The summed E-state index contributed by atoms with van der Waals surface area (Å²) in [5.41, 5.74) is 9.99. The molecule has 3 heterocycles. The van der Waals surface area contributed by atoms with Gasteiger partial charge in [0, 0.05) is 35.8 Å². The number of phenols is 2. The lowest BCUT2D eigenvalue weighted by atomic mass is 9.67. The molecule has 3 N–H and O–H groups in total. The molecule has 0 spiro atoms. The number of Topliss-reactive ketones (excluding diaryl/α,β-unsaturated/α-hetero) is 2. The number of fused-ring (bicyclic) bond motifs is 14. The molecule has 302 valence electrons. The number of ketones is 2. The first-order chi connectivity index (χ1) is 28.8. The van der Waals surface area contributed by atoms with E-state index < -0.39 is 5.92 Å². The molecule has 8 heteroatoms. The van der Waals surface area contributed by atoms with Gasteiger partial charge in [-0.1, -0.05) is 96.0 Å². The Balaban J connectivity index is 1.04. The van der Waals surface area contributed by atoms with Crippen LogP contribution in [0.2, 0.25) is 0 Å². The second-order valence-electron chi connectivity index (χ2n) is 17.5. The Kier molecular flexibility index (Phi) is 10.0. The number of carbonyl (C=O) groups is 2. The summed E-state index contributed by atoms with van der Waals surface area (Å²) in [5, 5.41) is 27.7. The topological polar surface area (TPSA) is 128 Å². The van der Waals surface area contributed by atoms with Crippen LogP contribution in [0.1, 0.15) is 126 Å². The molecule has 5 aromatic rings. The van der Waals surface area contributed by atoms with E-state index in [1.165, 1.54) is 5.56 Å². The van der Waals surface area contributed by atoms with Gasteiger partial charge in [0.2, 0.25) is 0 Å². The molecule has 1 saturated carbocycles. The summed E-state index contributed by atoms with van der Waals surface area (Å²) >= 11 is 0. The molecule has 5 atom stereocenters. The predicted molar refractivity (Wildman–Crippen MR) is 229 cm³/mol. The minimum absolute atomic E-state index is 0.0650. The zero-order valence-corrected chi connectivity index (χ0v) is 33.4. The van der Waals surface area contributed by atoms with E-state index in [1.54, 1.807) is 6.07 Å². The van der Waals surface area contributed by atoms with Gasteiger partial charge in [0.25, 0.3) is 0 Å². The quantitative estimate of drug-likeness (QED) is 0.156. The number of benzene rings is 3. The molecule has 0 saturated heterocycles. The Labute approximate surface area is 345 Å². The van der Waals surface area contributed by atoms with Gasteiger partial charge in [0.05, 0.1) is 12.5 Å². The van der Waals surface area contributed by atoms with Crippen molar-refractivity contribution >= 4 is 29.5 Å². The van der Waals surface area contributed by atoms with Crippen LogP contribution < -0.4 is 9.72 Å². The fourth-order valence-electron chi connectivity index (χ4n) is 10.8. The van der Waals surface area contributed by atoms with Crippen molar-refractivity contribution in [3.8, 4) is 17.2 Å². The number of phenolic OH excluding ortho intramolecular Hbond substituents is 2. The highest BCUT2D eigenvalue weighted by molar-refractivity contribution is 6.02. The average Bonchev–Trinajstić information content (AvgIpc) is 3.98. The lowest BCUT2D eigenvalue weighted by Gasteiger charge is -2.40. The number of hydrogen-bond donors (Lipinski definition) is 3. The number of allylic oxidation sites excluding steroid dienone is 1. The van der Waals surface area contributed by atoms with Crippen LogP contribution in [0.25, 0.3) is 17.5 Å². The minimum Gasteiger partial charge on any atom is -0.664 e. The average molecular weight is 786 g/mol. The first kappa shape index (κ1) is 37.5. The number of aryl methyl sites for hydroxylation is 2. The van der Waals surface area contributed by atoms with Crippen molar-refractivity contribution in [2.45, 2.75) is 107 Å². The van der Waals surface area contributed by atoms with Crippen LogP contribution in [0.3, 0.4) is 0 Å². The molecule has 6 bridgehead atoms. The first-order valence-corrected chi connectivity index (χ1v) is 21.7. The zero-order chi connectivity index (χ0) is 40.0. The highest BCUT2D eigenvalue weighted by atomic mass is 16.5. The summed E-state index contributed by atoms with van der Waals surface area (Å²) < 4.78 is 6.44. The lowest BCUT2D eigenvalue weighted by Crippen LogP contribution is -2.34. The van der Waals surface area contributed by atoms with Crippen LogP contribution in [0, 0.1) is 11.8 Å². The van der Waals surface area contributed by atoms with Crippen molar-refractivity contribution in [3.63, 3.8) is 0 Å². The number of hydrogen-bond acceptors (Lipinski definition) is 5. The predicted octanol–water partition coefficient (Wildman–Crippen LogP) is 10.5. The van der Waals surface area contributed by atoms with Crippen molar-refractivity contribution < 1.29 is 24.5 Å². The number of rotatable bonds is 4. The largest absolute Gasteiger partial charge is 0.664 e. The first-order valence-electron chi connectivity index (χ1n) is 21.7. The maximum atomic E-state index is 15.0. The number of carbonyl (C=O) groups excluding carboxylic acids is 2. The summed E-state index contributed by atoms with van der Waals surface area (Å²) in [4.78, 5) is 37.3. The third-order valence-corrected chi connectivity index (χ3v) is 13.8.